The first kappa shape index (κ1) is 15.2. The van der Waals surface area contributed by atoms with Crippen molar-refractivity contribution in [2.45, 2.75) is 11.6 Å². The summed E-state index contributed by atoms with van der Waals surface area (Å²) in [7, 11) is -3.89. The molecule has 0 saturated heterocycles. The fourth-order valence-electron chi connectivity index (χ4n) is 2.24. The lowest BCUT2D eigenvalue weighted by atomic mass is 10.2. The van der Waals surface area contributed by atoms with Crippen molar-refractivity contribution in [3.05, 3.63) is 64.5 Å². The van der Waals surface area contributed by atoms with Crippen LogP contribution in [0.25, 0.3) is 10.9 Å². The van der Waals surface area contributed by atoms with Gasteiger partial charge in [-0.05, 0) is 51.8 Å². The Morgan fingerprint density at radius 2 is 1.91 bits per heavy atom. The largest absolute Gasteiger partial charge is 0.268 e. The molecule has 7 heteroatoms. The van der Waals surface area contributed by atoms with Crippen molar-refractivity contribution >= 4 is 36.9 Å². The smallest absolute Gasteiger partial charge is 0.246 e. The van der Waals surface area contributed by atoms with Gasteiger partial charge in [0.05, 0.1) is 10.4 Å². The minimum atomic E-state index is -3.89. The van der Waals surface area contributed by atoms with E-state index in [0.29, 0.717) is 15.4 Å². The zero-order valence-electron chi connectivity index (χ0n) is 11.1. The summed E-state index contributed by atoms with van der Waals surface area (Å²) >= 11 is 3.23. The standard InChI is InChI=1S/C15H10BrF2NO2S/c16-14-9-19(15-5-4-11(18)7-13(14)15)22(20,21)12-3-1-2-10(6-12)8-17/h1-7,9H,8H2. The Morgan fingerprint density at radius 3 is 2.64 bits per heavy atom. The highest BCUT2D eigenvalue weighted by molar-refractivity contribution is 9.10. The van der Waals surface area contributed by atoms with Gasteiger partial charge in [0.15, 0.2) is 0 Å². The van der Waals surface area contributed by atoms with Crippen LogP contribution in [0.3, 0.4) is 0 Å². The number of halogens is 3. The number of hydrogen-bond donors (Lipinski definition) is 0. The third kappa shape index (κ3) is 2.44. The molecule has 3 nitrogen and oxygen atoms in total. The summed E-state index contributed by atoms with van der Waals surface area (Å²) in [5, 5.41) is 0.449. The molecule has 0 spiro atoms. The van der Waals surface area contributed by atoms with E-state index in [1.54, 1.807) is 0 Å². The lowest BCUT2D eigenvalue weighted by Crippen LogP contribution is -2.12. The molecule has 1 heterocycles. The van der Waals surface area contributed by atoms with Crippen LogP contribution in [0.1, 0.15) is 5.56 Å². The predicted octanol–water partition coefficient (Wildman–Crippen LogP) is 4.25. The van der Waals surface area contributed by atoms with Crippen molar-refractivity contribution in [3.8, 4) is 0 Å². The summed E-state index contributed by atoms with van der Waals surface area (Å²) in [6.45, 7) is -0.745. The summed E-state index contributed by atoms with van der Waals surface area (Å²) in [6, 6.07) is 9.53. The zero-order valence-corrected chi connectivity index (χ0v) is 13.5. The fourth-order valence-corrected chi connectivity index (χ4v) is 4.33. The molecule has 114 valence electrons. The zero-order chi connectivity index (χ0) is 15.9. The molecule has 0 aliphatic carbocycles. The highest BCUT2D eigenvalue weighted by Crippen LogP contribution is 2.30. The van der Waals surface area contributed by atoms with Gasteiger partial charge in [0.2, 0.25) is 0 Å². The number of benzene rings is 2. The molecule has 0 N–H and O–H groups in total. The molecule has 0 bridgehead atoms. The Bertz CT molecular complexity index is 967. The Hall–Kier alpha value is -1.73. The van der Waals surface area contributed by atoms with Crippen LogP contribution in [-0.4, -0.2) is 12.4 Å². The van der Waals surface area contributed by atoms with Crippen molar-refractivity contribution in [2.75, 3.05) is 0 Å². The summed E-state index contributed by atoms with van der Waals surface area (Å²) in [4.78, 5) is -0.0172. The van der Waals surface area contributed by atoms with Gasteiger partial charge in [0.1, 0.15) is 12.5 Å². The minimum Gasteiger partial charge on any atom is -0.246 e. The van der Waals surface area contributed by atoms with E-state index in [1.165, 1.54) is 48.7 Å². The number of rotatable bonds is 3. The molecule has 0 fully saturated rings. The number of nitrogens with zero attached hydrogens (tertiary/aromatic N) is 1. The van der Waals surface area contributed by atoms with Gasteiger partial charge in [-0.25, -0.2) is 21.2 Å². The average molecular weight is 386 g/mol. The van der Waals surface area contributed by atoms with Crippen LogP contribution in [0.4, 0.5) is 8.78 Å². The molecular formula is C15H10BrF2NO2S. The molecule has 1 aromatic heterocycles. The van der Waals surface area contributed by atoms with E-state index in [2.05, 4.69) is 15.9 Å². The first-order valence-electron chi connectivity index (χ1n) is 6.30. The maximum absolute atomic E-state index is 13.3. The van der Waals surface area contributed by atoms with Crippen LogP contribution in [0.15, 0.2) is 58.0 Å². The monoisotopic (exact) mass is 385 g/mol. The van der Waals surface area contributed by atoms with E-state index in [9.17, 15) is 17.2 Å². The van der Waals surface area contributed by atoms with Crippen LogP contribution < -0.4 is 0 Å². The van der Waals surface area contributed by atoms with Crippen LogP contribution in [-0.2, 0) is 16.7 Å². The Balaban J connectivity index is 2.25. The summed E-state index contributed by atoms with van der Waals surface area (Å²) < 4.78 is 53.1. The highest BCUT2D eigenvalue weighted by Gasteiger charge is 2.21. The van der Waals surface area contributed by atoms with E-state index in [4.69, 9.17) is 0 Å². The van der Waals surface area contributed by atoms with E-state index >= 15 is 0 Å². The summed E-state index contributed by atoms with van der Waals surface area (Å²) in [6.07, 6.45) is 1.36. The molecule has 0 aliphatic heterocycles. The Labute approximate surface area is 134 Å². The van der Waals surface area contributed by atoms with Gasteiger partial charge in [-0.2, -0.15) is 0 Å². The van der Waals surface area contributed by atoms with Gasteiger partial charge in [0, 0.05) is 16.1 Å². The maximum Gasteiger partial charge on any atom is 0.268 e. The second-order valence-electron chi connectivity index (χ2n) is 4.72. The van der Waals surface area contributed by atoms with Crippen molar-refractivity contribution in [3.63, 3.8) is 0 Å². The molecule has 0 unspecified atom stereocenters. The molecule has 0 amide bonds. The number of alkyl halides is 1. The maximum atomic E-state index is 13.3. The van der Waals surface area contributed by atoms with Gasteiger partial charge < -0.3 is 0 Å². The van der Waals surface area contributed by atoms with Gasteiger partial charge in [-0.15, -0.1) is 0 Å². The summed E-state index contributed by atoms with van der Waals surface area (Å²) in [5.41, 5.74) is 0.626. The third-order valence-corrected chi connectivity index (χ3v) is 5.60. The van der Waals surface area contributed by atoms with Crippen LogP contribution in [0.5, 0.6) is 0 Å². The van der Waals surface area contributed by atoms with Gasteiger partial charge in [-0.3, -0.25) is 0 Å². The topological polar surface area (TPSA) is 39.1 Å². The highest BCUT2D eigenvalue weighted by atomic mass is 79.9. The number of aromatic nitrogens is 1. The van der Waals surface area contributed by atoms with Crippen molar-refractivity contribution < 1.29 is 17.2 Å². The molecule has 0 aliphatic rings. The molecule has 3 rings (SSSR count). The molecule has 0 radical (unpaired) electrons. The van der Waals surface area contributed by atoms with Crippen molar-refractivity contribution in [1.82, 2.24) is 3.97 Å². The Morgan fingerprint density at radius 1 is 1.14 bits per heavy atom. The molecule has 2 aromatic carbocycles. The lowest BCUT2D eigenvalue weighted by molar-refractivity contribution is 0.484. The first-order chi connectivity index (χ1) is 10.4. The Kier molecular flexibility index (Phi) is 3.78. The second kappa shape index (κ2) is 5.48. The number of hydrogen-bond acceptors (Lipinski definition) is 2. The van der Waals surface area contributed by atoms with E-state index in [-0.39, 0.29) is 10.5 Å². The van der Waals surface area contributed by atoms with E-state index in [1.807, 2.05) is 0 Å². The van der Waals surface area contributed by atoms with Gasteiger partial charge in [-0.1, -0.05) is 12.1 Å². The third-order valence-electron chi connectivity index (χ3n) is 3.29. The van der Waals surface area contributed by atoms with Crippen molar-refractivity contribution in [2.24, 2.45) is 0 Å². The first-order valence-corrected chi connectivity index (χ1v) is 8.53. The summed E-state index contributed by atoms with van der Waals surface area (Å²) in [5.74, 6) is -0.456. The van der Waals surface area contributed by atoms with E-state index in [0.717, 1.165) is 3.97 Å². The fraction of sp³-hybridized carbons (Fsp3) is 0.0667. The van der Waals surface area contributed by atoms with E-state index < -0.39 is 22.5 Å². The van der Waals surface area contributed by atoms with Crippen LogP contribution >= 0.6 is 15.9 Å². The molecule has 3 aromatic rings. The predicted molar refractivity (Wildman–Crippen MR) is 83.4 cm³/mol. The van der Waals surface area contributed by atoms with Crippen molar-refractivity contribution in [1.29, 1.82) is 0 Å². The molecular weight excluding hydrogens is 376 g/mol. The minimum absolute atomic E-state index is 0.0172. The quantitative estimate of drug-likeness (QED) is 0.675. The molecule has 0 saturated carbocycles. The second-order valence-corrected chi connectivity index (χ2v) is 7.39. The molecule has 22 heavy (non-hydrogen) atoms. The average Bonchev–Trinajstić information content (AvgIpc) is 2.85. The van der Waals surface area contributed by atoms with Gasteiger partial charge >= 0.3 is 0 Å². The van der Waals surface area contributed by atoms with Crippen LogP contribution in [0.2, 0.25) is 0 Å². The van der Waals surface area contributed by atoms with Gasteiger partial charge in [0.25, 0.3) is 10.0 Å². The molecule has 0 atom stereocenters. The SMILES string of the molecule is O=S(=O)(c1cccc(CF)c1)n1cc(Br)c2cc(F)ccc21. The van der Waals surface area contributed by atoms with Crippen LogP contribution in [0, 0.1) is 5.82 Å². The number of fused-ring (bicyclic) bond motifs is 1. The normalized spacial score (nSPS) is 12.0. The lowest BCUT2D eigenvalue weighted by Gasteiger charge is -2.08.